The highest BCUT2D eigenvalue weighted by Crippen LogP contribution is 2.18. The van der Waals surface area contributed by atoms with E-state index in [9.17, 15) is 14.4 Å². The largest absolute Gasteiger partial charge is 0.483 e. The Balaban J connectivity index is 2.53. The molecule has 21 heavy (non-hydrogen) atoms. The van der Waals surface area contributed by atoms with Crippen molar-refractivity contribution in [1.29, 1.82) is 0 Å². The van der Waals surface area contributed by atoms with Crippen molar-refractivity contribution in [2.45, 2.75) is 13.3 Å². The molecule has 1 aromatic rings. The summed E-state index contributed by atoms with van der Waals surface area (Å²) in [5.74, 6) is -0.955. The molecule has 0 aliphatic carbocycles. The van der Waals surface area contributed by atoms with E-state index in [0.29, 0.717) is 6.54 Å². The molecule has 0 saturated heterocycles. The zero-order valence-electron chi connectivity index (χ0n) is 12.0. The van der Waals surface area contributed by atoms with Crippen LogP contribution < -0.4 is 15.4 Å². The first kappa shape index (κ1) is 16.5. The number of imide groups is 1. The van der Waals surface area contributed by atoms with Gasteiger partial charge < -0.3 is 14.8 Å². The van der Waals surface area contributed by atoms with Crippen LogP contribution in [0, 0.1) is 0 Å². The van der Waals surface area contributed by atoms with Crippen LogP contribution in [0.25, 0.3) is 0 Å². The number of hydrogen-bond donors (Lipinski definition) is 2. The second-order valence-electron chi connectivity index (χ2n) is 4.08. The predicted molar refractivity (Wildman–Crippen MR) is 75.1 cm³/mol. The number of carbonyl (C=O) groups is 3. The first-order chi connectivity index (χ1) is 10.1. The van der Waals surface area contributed by atoms with Gasteiger partial charge in [-0.2, -0.15) is 0 Å². The molecule has 1 rings (SSSR count). The number of esters is 1. The predicted octanol–water partition coefficient (Wildman–Crippen LogP) is 1.09. The van der Waals surface area contributed by atoms with Crippen LogP contribution in [-0.2, 0) is 9.53 Å². The molecular formula is C14H18N2O5. The van der Waals surface area contributed by atoms with Gasteiger partial charge in [-0.25, -0.2) is 9.59 Å². The Bertz CT molecular complexity index is 516. The van der Waals surface area contributed by atoms with Crippen molar-refractivity contribution in [2.24, 2.45) is 0 Å². The van der Waals surface area contributed by atoms with Gasteiger partial charge in [0.2, 0.25) is 0 Å². The minimum atomic E-state index is -0.608. The second kappa shape index (κ2) is 8.57. The van der Waals surface area contributed by atoms with Crippen LogP contribution in [0.15, 0.2) is 24.3 Å². The quantitative estimate of drug-likeness (QED) is 0.766. The van der Waals surface area contributed by atoms with E-state index in [0.717, 1.165) is 6.42 Å². The van der Waals surface area contributed by atoms with Crippen molar-refractivity contribution in [3.63, 3.8) is 0 Å². The monoisotopic (exact) mass is 294 g/mol. The molecular weight excluding hydrogens is 276 g/mol. The van der Waals surface area contributed by atoms with Gasteiger partial charge in [-0.15, -0.1) is 0 Å². The summed E-state index contributed by atoms with van der Waals surface area (Å²) in [6, 6.07) is 5.79. The Kier molecular flexibility index (Phi) is 6.73. The van der Waals surface area contributed by atoms with Crippen molar-refractivity contribution in [3.8, 4) is 5.75 Å². The summed E-state index contributed by atoms with van der Waals surface area (Å²) in [4.78, 5) is 34.3. The molecule has 0 heterocycles. The highest BCUT2D eigenvalue weighted by Gasteiger charge is 2.14. The number of para-hydroxylation sites is 1. The lowest BCUT2D eigenvalue weighted by Crippen LogP contribution is -2.41. The number of benzene rings is 1. The van der Waals surface area contributed by atoms with Crippen molar-refractivity contribution in [1.82, 2.24) is 10.6 Å². The zero-order chi connectivity index (χ0) is 15.7. The van der Waals surface area contributed by atoms with Crippen LogP contribution in [-0.4, -0.2) is 38.2 Å². The van der Waals surface area contributed by atoms with E-state index < -0.39 is 17.9 Å². The molecule has 3 amide bonds. The molecule has 7 nitrogen and oxygen atoms in total. The lowest BCUT2D eigenvalue weighted by molar-refractivity contribution is -0.122. The molecule has 0 radical (unpaired) electrons. The fraction of sp³-hybridized carbons (Fsp3) is 0.357. The molecule has 0 saturated carbocycles. The third-order valence-corrected chi connectivity index (χ3v) is 2.44. The number of carbonyl (C=O) groups excluding carboxylic acids is 3. The van der Waals surface area contributed by atoms with Crippen molar-refractivity contribution in [2.75, 3.05) is 20.3 Å². The molecule has 2 N–H and O–H groups in total. The highest BCUT2D eigenvalue weighted by molar-refractivity contribution is 5.95. The van der Waals surface area contributed by atoms with E-state index in [1.165, 1.54) is 19.2 Å². The number of amides is 3. The number of ether oxygens (including phenoxy) is 2. The fourth-order valence-corrected chi connectivity index (χ4v) is 1.46. The SMILES string of the molecule is CCCNC(=O)NC(=O)COc1ccccc1C(=O)OC. The fourth-order valence-electron chi connectivity index (χ4n) is 1.46. The minimum absolute atomic E-state index is 0.211. The summed E-state index contributed by atoms with van der Waals surface area (Å²) in [6.07, 6.45) is 0.768. The second-order valence-corrected chi connectivity index (χ2v) is 4.08. The Morgan fingerprint density at radius 3 is 2.57 bits per heavy atom. The summed E-state index contributed by atoms with van der Waals surface area (Å²) in [6.45, 7) is 1.99. The highest BCUT2D eigenvalue weighted by atomic mass is 16.5. The van der Waals surface area contributed by atoms with Crippen LogP contribution in [0.5, 0.6) is 5.75 Å². The van der Waals surface area contributed by atoms with E-state index in [1.54, 1.807) is 12.1 Å². The Hall–Kier alpha value is -2.57. The first-order valence-corrected chi connectivity index (χ1v) is 6.46. The maximum Gasteiger partial charge on any atom is 0.341 e. The van der Waals surface area contributed by atoms with E-state index in [-0.39, 0.29) is 17.9 Å². The van der Waals surface area contributed by atoms with E-state index >= 15 is 0 Å². The third kappa shape index (κ3) is 5.52. The molecule has 0 bridgehead atoms. The molecule has 114 valence electrons. The van der Waals surface area contributed by atoms with Gasteiger partial charge in [0, 0.05) is 6.54 Å². The third-order valence-electron chi connectivity index (χ3n) is 2.44. The van der Waals surface area contributed by atoms with Gasteiger partial charge in [-0.05, 0) is 18.6 Å². The Morgan fingerprint density at radius 2 is 1.90 bits per heavy atom. The smallest absolute Gasteiger partial charge is 0.341 e. The molecule has 0 unspecified atom stereocenters. The van der Waals surface area contributed by atoms with Gasteiger partial charge in [0.25, 0.3) is 5.91 Å². The van der Waals surface area contributed by atoms with Crippen molar-refractivity contribution in [3.05, 3.63) is 29.8 Å². The van der Waals surface area contributed by atoms with Crippen molar-refractivity contribution >= 4 is 17.9 Å². The van der Waals surface area contributed by atoms with Crippen LogP contribution >= 0.6 is 0 Å². The average molecular weight is 294 g/mol. The maximum atomic E-state index is 11.5. The van der Waals surface area contributed by atoms with E-state index in [4.69, 9.17) is 4.74 Å². The molecule has 1 aromatic carbocycles. The molecule has 0 aromatic heterocycles. The normalized spacial score (nSPS) is 9.62. The van der Waals surface area contributed by atoms with Gasteiger partial charge in [0.15, 0.2) is 6.61 Å². The van der Waals surface area contributed by atoms with Crippen LogP contribution in [0.1, 0.15) is 23.7 Å². The zero-order valence-corrected chi connectivity index (χ0v) is 12.0. The molecule has 0 aliphatic rings. The molecule has 7 heteroatoms. The van der Waals surface area contributed by atoms with Gasteiger partial charge >= 0.3 is 12.0 Å². The minimum Gasteiger partial charge on any atom is -0.483 e. The maximum absolute atomic E-state index is 11.5. The summed E-state index contributed by atoms with van der Waals surface area (Å²) >= 11 is 0. The molecule has 0 spiro atoms. The number of methoxy groups -OCH3 is 1. The van der Waals surface area contributed by atoms with Crippen LogP contribution in [0.4, 0.5) is 4.79 Å². The Morgan fingerprint density at radius 1 is 1.19 bits per heavy atom. The van der Waals surface area contributed by atoms with E-state index in [1.807, 2.05) is 6.92 Å². The van der Waals surface area contributed by atoms with Crippen LogP contribution in [0.2, 0.25) is 0 Å². The number of hydrogen-bond acceptors (Lipinski definition) is 5. The summed E-state index contributed by atoms with van der Waals surface area (Å²) < 4.78 is 9.84. The number of nitrogens with one attached hydrogen (secondary N) is 2. The standard InChI is InChI=1S/C14H18N2O5/c1-3-8-15-14(19)16-12(17)9-21-11-7-5-4-6-10(11)13(18)20-2/h4-7H,3,8-9H2,1-2H3,(H2,15,16,17,19). The first-order valence-electron chi connectivity index (χ1n) is 6.46. The lowest BCUT2D eigenvalue weighted by atomic mass is 10.2. The number of rotatable bonds is 6. The summed E-state index contributed by atoms with van der Waals surface area (Å²) in [5.41, 5.74) is 0.211. The van der Waals surface area contributed by atoms with Gasteiger partial charge in [0.05, 0.1) is 7.11 Å². The molecule has 0 atom stereocenters. The average Bonchev–Trinajstić information content (AvgIpc) is 2.50. The van der Waals surface area contributed by atoms with Gasteiger partial charge in [0.1, 0.15) is 11.3 Å². The van der Waals surface area contributed by atoms with Gasteiger partial charge in [-0.1, -0.05) is 19.1 Å². The molecule has 0 aliphatic heterocycles. The van der Waals surface area contributed by atoms with Crippen LogP contribution in [0.3, 0.4) is 0 Å². The van der Waals surface area contributed by atoms with E-state index in [2.05, 4.69) is 15.4 Å². The Labute approximate surface area is 122 Å². The topological polar surface area (TPSA) is 93.7 Å². The summed E-state index contributed by atoms with van der Waals surface area (Å²) in [7, 11) is 1.25. The van der Waals surface area contributed by atoms with Crippen molar-refractivity contribution < 1.29 is 23.9 Å². The lowest BCUT2D eigenvalue weighted by Gasteiger charge is -2.10. The van der Waals surface area contributed by atoms with Gasteiger partial charge in [-0.3, -0.25) is 10.1 Å². The molecule has 0 fully saturated rings. The summed E-state index contributed by atoms with van der Waals surface area (Å²) in [5, 5.41) is 4.62. The number of urea groups is 1.